The lowest BCUT2D eigenvalue weighted by atomic mass is 9.87. The van der Waals surface area contributed by atoms with Crippen LogP contribution in [-0.4, -0.2) is 40.0 Å². The summed E-state index contributed by atoms with van der Waals surface area (Å²) in [4.78, 5) is 23.6. The van der Waals surface area contributed by atoms with Gasteiger partial charge in [0.2, 0.25) is 15.9 Å². The van der Waals surface area contributed by atoms with Gasteiger partial charge in [-0.25, -0.2) is 13.1 Å². The molecule has 1 aromatic carbocycles. The number of ether oxygens (including phenoxy) is 1. The number of amides is 1. The first-order valence-corrected chi connectivity index (χ1v) is 10.9. The molecule has 2 N–H and O–H groups in total. The van der Waals surface area contributed by atoms with Gasteiger partial charge in [0.25, 0.3) is 0 Å². The average Bonchev–Trinajstić information content (AvgIpc) is 2.61. The molecule has 0 bridgehead atoms. The van der Waals surface area contributed by atoms with Crippen LogP contribution < -0.4 is 10.0 Å². The smallest absolute Gasteiger partial charge is 0.307 e. The number of methoxy groups -OCH3 is 1. The molecule has 0 aliphatic carbocycles. The first kappa shape index (κ1) is 24.1. The molecule has 0 heterocycles. The second-order valence-corrected chi connectivity index (χ2v) is 9.52. The van der Waals surface area contributed by atoms with Crippen LogP contribution >= 0.6 is 0 Å². The van der Waals surface area contributed by atoms with E-state index in [0.29, 0.717) is 6.42 Å². The Morgan fingerprint density at radius 1 is 1.14 bits per heavy atom. The fourth-order valence-corrected chi connectivity index (χ4v) is 3.71. The summed E-state index contributed by atoms with van der Waals surface area (Å²) in [7, 11) is -2.38. The maximum absolute atomic E-state index is 12.4. The number of rotatable bonds is 10. The van der Waals surface area contributed by atoms with E-state index in [9.17, 15) is 18.0 Å². The van der Waals surface area contributed by atoms with E-state index in [1.165, 1.54) is 7.11 Å². The lowest BCUT2D eigenvalue weighted by Gasteiger charge is -2.19. The number of esters is 1. The summed E-state index contributed by atoms with van der Waals surface area (Å²) in [6.45, 7) is 8.10. The summed E-state index contributed by atoms with van der Waals surface area (Å²) in [6, 6.07) is 6.41. The fraction of sp³-hybridized carbons (Fsp3) is 0.600. The Morgan fingerprint density at radius 3 is 2.25 bits per heavy atom. The minimum absolute atomic E-state index is 0.0132. The van der Waals surface area contributed by atoms with E-state index in [1.807, 2.05) is 6.92 Å². The van der Waals surface area contributed by atoms with Gasteiger partial charge in [0, 0.05) is 19.0 Å². The van der Waals surface area contributed by atoms with E-state index in [-0.39, 0.29) is 41.6 Å². The molecule has 158 valence electrons. The molecule has 0 aliphatic heterocycles. The van der Waals surface area contributed by atoms with Gasteiger partial charge in [-0.3, -0.25) is 9.59 Å². The topological polar surface area (TPSA) is 102 Å². The van der Waals surface area contributed by atoms with Crippen molar-refractivity contribution in [2.75, 3.05) is 13.7 Å². The molecular formula is C20H32N2O5S. The van der Waals surface area contributed by atoms with Gasteiger partial charge in [-0.2, -0.15) is 0 Å². The van der Waals surface area contributed by atoms with E-state index in [4.69, 9.17) is 0 Å². The van der Waals surface area contributed by atoms with Crippen molar-refractivity contribution in [1.82, 2.24) is 10.0 Å². The average molecular weight is 413 g/mol. The molecule has 1 amide bonds. The van der Waals surface area contributed by atoms with Crippen LogP contribution in [0.5, 0.6) is 0 Å². The van der Waals surface area contributed by atoms with Gasteiger partial charge in [0.05, 0.1) is 18.4 Å². The van der Waals surface area contributed by atoms with Crippen molar-refractivity contribution in [2.24, 2.45) is 0 Å². The van der Waals surface area contributed by atoms with Crippen molar-refractivity contribution >= 4 is 21.9 Å². The number of nitrogens with one attached hydrogen (secondary N) is 2. The Bertz CT molecular complexity index is 752. The molecule has 0 saturated carbocycles. The van der Waals surface area contributed by atoms with Gasteiger partial charge in [-0.15, -0.1) is 0 Å². The van der Waals surface area contributed by atoms with Crippen LogP contribution in [0.25, 0.3) is 0 Å². The molecule has 0 unspecified atom stereocenters. The zero-order chi connectivity index (χ0) is 21.4. The van der Waals surface area contributed by atoms with Gasteiger partial charge >= 0.3 is 5.97 Å². The number of hydrogen-bond acceptors (Lipinski definition) is 5. The number of hydrogen-bond donors (Lipinski definition) is 2. The molecule has 0 spiro atoms. The van der Waals surface area contributed by atoms with Crippen LogP contribution in [0.2, 0.25) is 0 Å². The third kappa shape index (κ3) is 7.98. The van der Waals surface area contributed by atoms with Crippen LogP contribution in [0, 0.1) is 0 Å². The van der Waals surface area contributed by atoms with Gasteiger partial charge in [0.1, 0.15) is 0 Å². The maximum atomic E-state index is 12.4. The van der Waals surface area contributed by atoms with Gasteiger partial charge in [-0.1, -0.05) is 46.2 Å². The van der Waals surface area contributed by atoms with Crippen molar-refractivity contribution in [1.29, 1.82) is 0 Å². The number of carbonyl (C=O) groups is 2. The molecule has 0 radical (unpaired) electrons. The third-order valence-electron chi connectivity index (χ3n) is 4.32. The minimum Gasteiger partial charge on any atom is -0.469 e. The predicted octanol–water partition coefficient (Wildman–Crippen LogP) is 2.50. The standard InChI is InChI=1S/C20H32N2O5S/c1-6-7-16(14-19(24)27-5)22-18(23)12-13-21-28(25,26)17-10-8-15(9-11-17)20(2,3)4/h8-11,16,21H,6-7,12-14H2,1-5H3,(H,22,23)/t16-/m1/s1. The number of carbonyl (C=O) groups excluding carboxylic acids is 2. The summed E-state index contributed by atoms with van der Waals surface area (Å²) in [6.07, 6.45) is 1.54. The van der Waals surface area contributed by atoms with Crippen LogP contribution in [0.15, 0.2) is 29.2 Å². The third-order valence-corrected chi connectivity index (χ3v) is 5.79. The van der Waals surface area contributed by atoms with Crippen molar-refractivity contribution in [2.45, 2.75) is 69.7 Å². The molecule has 1 atom stereocenters. The summed E-state index contributed by atoms with van der Waals surface area (Å²) in [5, 5.41) is 2.76. The first-order valence-electron chi connectivity index (χ1n) is 9.46. The number of sulfonamides is 1. The minimum atomic E-state index is -3.68. The summed E-state index contributed by atoms with van der Waals surface area (Å²) in [5.41, 5.74) is 0.978. The summed E-state index contributed by atoms with van der Waals surface area (Å²) in [5.74, 6) is -0.703. The fourth-order valence-electron chi connectivity index (χ4n) is 2.67. The molecule has 0 fully saturated rings. The van der Waals surface area contributed by atoms with Gasteiger partial charge in [0.15, 0.2) is 0 Å². The van der Waals surface area contributed by atoms with Crippen LogP contribution in [0.3, 0.4) is 0 Å². The van der Waals surface area contributed by atoms with Gasteiger partial charge < -0.3 is 10.1 Å². The lowest BCUT2D eigenvalue weighted by Crippen LogP contribution is -2.38. The molecule has 0 saturated heterocycles. The first-order chi connectivity index (χ1) is 13.0. The second kappa shape index (κ2) is 10.6. The second-order valence-electron chi connectivity index (χ2n) is 7.76. The van der Waals surface area contributed by atoms with Crippen molar-refractivity contribution in [3.05, 3.63) is 29.8 Å². The molecule has 1 aromatic rings. The quantitative estimate of drug-likeness (QED) is 0.575. The summed E-state index contributed by atoms with van der Waals surface area (Å²) >= 11 is 0. The predicted molar refractivity (Wildman–Crippen MR) is 108 cm³/mol. The van der Waals surface area contributed by atoms with E-state index in [2.05, 4.69) is 35.5 Å². The maximum Gasteiger partial charge on any atom is 0.307 e. The Kier molecular flexibility index (Phi) is 9.10. The van der Waals surface area contributed by atoms with Crippen molar-refractivity contribution in [3.63, 3.8) is 0 Å². The Balaban J connectivity index is 2.58. The molecular weight excluding hydrogens is 380 g/mol. The highest BCUT2D eigenvalue weighted by molar-refractivity contribution is 7.89. The highest BCUT2D eigenvalue weighted by Crippen LogP contribution is 2.23. The van der Waals surface area contributed by atoms with Crippen LogP contribution in [0.4, 0.5) is 0 Å². The molecule has 8 heteroatoms. The highest BCUT2D eigenvalue weighted by Gasteiger charge is 2.19. The van der Waals surface area contributed by atoms with Crippen LogP contribution in [0.1, 0.15) is 58.9 Å². The monoisotopic (exact) mass is 412 g/mol. The molecule has 0 aliphatic rings. The molecule has 7 nitrogen and oxygen atoms in total. The van der Waals surface area contributed by atoms with Crippen molar-refractivity contribution < 1.29 is 22.7 Å². The van der Waals surface area contributed by atoms with Crippen molar-refractivity contribution in [3.8, 4) is 0 Å². The zero-order valence-corrected chi connectivity index (χ0v) is 18.2. The molecule has 1 rings (SSSR count). The molecule has 0 aromatic heterocycles. The van der Waals surface area contributed by atoms with E-state index >= 15 is 0 Å². The van der Waals surface area contributed by atoms with E-state index in [0.717, 1.165) is 12.0 Å². The highest BCUT2D eigenvalue weighted by atomic mass is 32.2. The van der Waals surface area contributed by atoms with E-state index in [1.54, 1.807) is 24.3 Å². The number of benzene rings is 1. The van der Waals surface area contributed by atoms with Crippen LogP contribution in [-0.2, 0) is 29.8 Å². The van der Waals surface area contributed by atoms with Gasteiger partial charge in [-0.05, 0) is 29.5 Å². The normalized spacial score (nSPS) is 13.0. The van der Waals surface area contributed by atoms with E-state index < -0.39 is 16.0 Å². The summed E-state index contributed by atoms with van der Waals surface area (Å²) < 4.78 is 31.8. The zero-order valence-electron chi connectivity index (χ0n) is 17.4. The lowest BCUT2D eigenvalue weighted by molar-refractivity contribution is -0.141. The Morgan fingerprint density at radius 2 is 1.75 bits per heavy atom. The molecule has 28 heavy (non-hydrogen) atoms. The Labute approximate surface area is 168 Å². The largest absolute Gasteiger partial charge is 0.469 e. The Hall–Kier alpha value is -1.93. The SMILES string of the molecule is CCC[C@H](CC(=O)OC)NC(=O)CCNS(=O)(=O)c1ccc(C(C)(C)C)cc1.